The maximum Gasteiger partial charge on any atom is 0.269 e. The van der Waals surface area contributed by atoms with Gasteiger partial charge in [0, 0.05) is 49.5 Å². The minimum Gasteiger partial charge on any atom is -0.398 e. The first-order valence-corrected chi connectivity index (χ1v) is 10.5. The number of halogens is 1. The van der Waals surface area contributed by atoms with Crippen LogP contribution in [0.5, 0.6) is 0 Å². The lowest BCUT2D eigenvalue weighted by atomic mass is 10.1. The molecule has 3 rings (SSSR count). The molecule has 0 radical (unpaired) electrons. The van der Waals surface area contributed by atoms with Crippen molar-refractivity contribution in [2.75, 3.05) is 52.4 Å². The molecule has 1 unspecified atom stereocenters. The van der Waals surface area contributed by atoms with Crippen LogP contribution in [0.15, 0.2) is 30.3 Å². The highest BCUT2D eigenvalue weighted by Gasteiger charge is 2.26. The Morgan fingerprint density at radius 3 is 2.54 bits per heavy atom. The highest BCUT2D eigenvalue weighted by Crippen LogP contribution is 2.14. The zero-order valence-electron chi connectivity index (χ0n) is 17.0. The van der Waals surface area contributed by atoms with Crippen LogP contribution in [-0.2, 0) is 4.74 Å². The Morgan fingerprint density at radius 2 is 1.89 bits per heavy atom. The van der Waals surface area contributed by atoms with Crippen molar-refractivity contribution < 1.29 is 9.31 Å². The minimum absolute atomic E-state index is 0.296. The first kappa shape index (κ1) is 21.1. The third kappa shape index (κ3) is 5.70. The van der Waals surface area contributed by atoms with Crippen LogP contribution in [0, 0.1) is 0 Å². The third-order valence-electron chi connectivity index (χ3n) is 5.58. The Labute approximate surface area is 173 Å². The van der Waals surface area contributed by atoms with E-state index in [-0.39, 0.29) is 0 Å². The van der Waals surface area contributed by atoms with E-state index in [4.69, 9.17) is 27.8 Å². The smallest absolute Gasteiger partial charge is 0.269 e. The molecule has 7 heteroatoms. The quantitative estimate of drug-likeness (QED) is 0.572. The molecule has 1 atom stereocenters. The van der Waals surface area contributed by atoms with E-state index in [0.717, 1.165) is 58.0 Å². The van der Waals surface area contributed by atoms with Crippen LogP contribution in [0.3, 0.4) is 0 Å². The van der Waals surface area contributed by atoms with Crippen molar-refractivity contribution in [2.24, 2.45) is 11.5 Å². The second-order valence-electron chi connectivity index (χ2n) is 7.90. The normalized spacial score (nSPS) is 22.6. The van der Waals surface area contributed by atoms with E-state index in [0.29, 0.717) is 28.7 Å². The molecule has 1 aromatic carbocycles. The molecule has 2 fully saturated rings. The van der Waals surface area contributed by atoms with E-state index in [1.54, 1.807) is 0 Å². The zero-order chi connectivity index (χ0) is 20.1. The first-order valence-electron chi connectivity index (χ1n) is 10.1. The summed E-state index contributed by atoms with van der Waals surface area (Å²) in [5.41, 5.74) is 14.1. The first-order chi connectivity index (χ1) is 13.4. The van der Waals surface area contributed by atoms with Gasteiger partial charge in [0.05, 0.1) is 31.9 Å². The fourth-order valence-electron chi connectivity index (χ4n) is 3.77. The summed E-state index contributed by atoms with van der Waals surface area (Å²) in [6.07, 6.45) is 2.15. The van der Waals surface area contributed by atoms with Crippen LogP contribution < -0.4 is 11.5 Å². The second-order valence-corrected chi connectivity index (χ2v) is 8.34. The molecule has 0 amide bonds. The van der Waals surface area contributed by atoms with Crippen molar-refractivity contribution in [3.8, 4) is 0 Å². The molecule has 0 aromatic heterocycles. The number of nitrogens with zero attached hydrogens (tertiary/aromatic N) is 3. The van der Waals surface area contributed by atoms with E-state index >= 15 is 0 Å². The molecular formula is C21H33ClN5O+. The molecule has 2 aliphatic rings. The Hall–Kier alpha value is -1.60. The molecule has 2 saturated heterocycles. The van der Waals surface area contributed by atoms with Crippen molar-refractivity contribution in [2.45, 2.75) is 26.0 Å². The summed E-state index contributed by atoms with van der Waals surface area (Å²) in [6, 6.07) is 8.06. The van der Waals surface area contributed by atoms with E-state index in [1.807, 2.05) is 30.3 Å². The van der Waals surface area contributed by atoms with Gasteiger partial charge in [0.1, 0.15) is 0 Å². The monoisotopic (exact) mass is 406 g/mol. The molecule has 4 N–H and O–H groups in total. The third-order valence-corrected chi connectivity index (χ3v) is 5.83. The van der Waals surface area contributed by atoms with Gasteiger partial charge in [-0.25, -0.2) is 0 Å². The minimum atomic E-state index is 0.296. The summed E-state index contributed by atoms with van der Waals surface area (Å²) in [4.78, 5) is 4.98. The summed E-state index contributed by atoms with van der Waals surface area (Å²) in [5.74, 6) is 0.715. The Bertz CT molecular complexity index is 706. The molecule has 6 nitrogen and oxygen atoms in total. The average Bonchev–Trinajstić information content (AvgIpc) is 2.69. The van der Waals surface area contributed by atoms with Crippen molar-refractivity contribution in [1.29, 1.82) is 0 Å². The van der Waals surface area contributed by atoms with Gasteiger partial charge in [0.25, 0.3) is 5.84 Å². The van der Waals surface area contributed by atoms with Crippen LogP contribution in [0.25, 0.3) is 5.70 Å². The largest absolute Gasteiger partial charge is 0.398 e. The van der Waals surface area contributed by atoms with Gasteiger partial charge in [-0.1, -0.05) is 23.7 Å². The molecule has 0 bridgehead atoms. The summed E-state index contributed by atoms with van der Waals surface area (Å²) >= 11 is 5.94. The molecular weight excluding hydrogens is 374 g/mol. The van der Waals surface area contributed by atoms with Gasteiger partial charge in [-0.15, -0.1) is 0 Å². The lowest BCUT2D eigenvalue weighted by Crippen LogP contribution is -2.53. The second kappa shape index (κ2) is 9.74. The molecule has 154 valence electrons. The number of amidine groups is 1. The highest BCUT2D eigenvalue weighted by molar-refractivity contribution is 6.30. The van der Waals surface area contributed by atoms with Crippen molar-refractivity contribution in [3.05, 3.63) is 40.9 Å². The lowest BCUT2D eigenvalue weighted by molar-refractivity contribution is -0.540. The number of benzene rings is 1. The summed E-state index contributed by atoms with van der Waals surface area (Å²) in [7, 11) is 0. The van der Waals surface area contributed by atoms with Crippen LogP contribution >= 0.6 is 11.6 Å². The molecule has 2 heterocycles. The Kier molecular flexibility index (Phi) is 7.35. The molecule has 2 aliphatic heterocycles. The van der Waals surface area contributed by atoms with Gasteiger partial charge < -0.3 is 10.5 Å². The van der Waals surface area contributed by atoms with Gasteiger partial charge >= 0.3 is 0 Å². The van der Waals surface area contributed by atoms with Crippen LogP contribution in [-0.4, -0.2) is 84.8 Å². The number of hydrogen-bond donors (Lipinski definition) is 2. The SMILES string of the molecule is CC(C)N1CCOC(CN2CC[N+](=C(N)/C=C(\N)c3ccc(Cl)cc3)CC2)C1. The summed E-state index contributed by atoms with van der Waals surface area (Å²) in [5, 5.41) is 0.697. The molecule has 1 aromatic rings. The van der Waals surface area contributed by atoms with Crippen molar-refractivity contribution >= 4 is 23.1 Å². The van der Waals surface area contributed by atoms with Crippen molar-refractivity contribution in [1.82, 2.24) is 9.80 Å². The van der Waals surface area contributed by atoms with E-state index in [1.165, 1.54) is 0 Å². The molecule has 28 heavy (non-hydrogen) atoms. The van der Waals surface area contributed by atoms with E-state index < -0.39 is 0 Å². The highest BCUT2D eigenvalue weighted by atomic mass is 35.5. The number of nitrogens with two attached hydrogens (primary N) is 2. The standard InChI is InChI=1S/C21H32ClN5O/c1-16(2)27-11-12-28-19(15-27)14-25-7-9-26(10-8-25)21(24)13-20(23)17-3-5-18(22)6-4-17/h3-6,13,16,19H,7-12,14-15H2,1-2H3,(H3,23,24)/p+1. The van der Waals surface area contributed by atoms with E-state index in [2.05, 4.69) is 28.2 Å². The van der Waals surface area contributed by atoms with Gasteiger partial charge in [-0.2, -0.15) is 0 Å². The zero-order valence-corrected chi connectivity index (χ0v) is 17.7. The van der Waals surface area contributed by atoms with Crippen LogP contribution in [0.4, 0.5) is 0 Å². The maximum absolute atomic E-state index is 6.31. The van der Waals surface area contributed by atoms with Gasteiger partial charge in [-0.3, -0.25) is 20.1 Å². The number of rotatable bonds is 5. The molecule has 0 spiro atoms. The maximum atomic E-state index is 6.31. The van der Waals surface area contributed by atoms with Gasteiger partial charge in [-0.05, 0) is 31.5 Å². The van der Waals surface area contributed by atoms with E-state index in [9.17, 15) is 0 Å². The number of hydrogen-bond acceptors (Lipinski definition) is 4. The van der Waals surface area contributed by atoms with Crippen molar-refractivity contribution in [3.63, 3.8) is 0 Å². The van der Waals surface area contributed by atoms with Gasteiger partial charge in [0.2, 0.25) is 0 Å². The average molecular weight is 407 g/mol. The number of morpholine rings is 1. The summed E-state index contributed by atoms with van der Waals surface area (Å²) < 4.78 is 8.18. The number of piperazine rings is 1. The fraction of sp³-hybridized carbons (Fsp3) is 0.571. The predicted molar refractivity (Wildman–Crippen MR) is 116 cm³/mol. The predicted octanol–water partition coefficient (Wildman–Crippen LogP) is 1.43. The van der Waals surface area contributed by atoms with Crippen LogP contribution in [0.1, 0.15) is 19.4 Å². The molecule has 0 aliphatic carbocycles. The topological polar surface area (TPSA) is 70.8 Å². The molecule has 0 saturated carbocycles. The Balaban J connectivity index is 1.53. The fourth-order valence-corrected chi connectivity index (χ4v) is 3.90. The number of ether oxygens (including phenoxy) is 1. The van der Waals surface area contributed by atoms with Gasteiger partial charge in [0.15, 0.2) is 0 Å². The lowest BCUT2D eigenvalue weighted by Gasteiger charge is -2.38. The van der Waals surface area contributed by atoms with Crippen LogP contribution in [0.2, 0.25) is 5.02 Å². The Morgan fingerprint density at radius 1 is 1.21 bits per heavy atom. The summed E-state index contributed by atoms with van der Waals surface area (Å²) in [6.45, 7) is 12.1.